The Hall–Kier alpha value is -2.08. The Balaban J connectivity index is 2.01. The van der Waals surface area contributed by atoms with Crippen molar-refractivity contribution < 1.29 is 14.3 Å². The SMILES string of the molecule is COc1ccc(CNC(=O)c2csc(C(C)C)n2)cc1OC. The number of nitrogens with one attached hydrogen (secondary N) is 1. The predicted octanol–water partition coefficient (Wildman–Crippen LogP) is 3.21. The van der Waals surface area contributed by atoms with Gasteiger partial charge in [0.05, 0.1) is 19.2 Å². The third-order valence-corrected chi connectivity index (χ3v) is 4.29. The number of amides is 1. The fourth-order valence-corrected chi connectivity index (χ4v) is 2.74. The van der Waals surface area contributed by atoms with Crippen LogP contribution in [0.1, 0.15) is 40.8 Å². The molecule has 5 nitrogen and oxygen atoms in total. The molecular formula is C16H20N2O3S. The summed E-state index contributed by atoms with van der Waals surface area (Å²) in [5, 5.41) is 5.62. The number of hydrogen-bond acceptors (Lipinski definition) is 5. The fourth-order valence-electron chi connectivity index (χ4n) is 1.92. The molecule has 0 saturated carbocycles. The number of benzene rings is 1. The summed E-state index contributed by atoms with van der Waals surface area (Å²) in [5.74, 6) is 1.47. The zero-order valence-corrected chi connectivity index (χ0v) is 14.0. The van der Waals surface area contributed by atoms with E-state index in [1.807, 2.05) is 18.2 Å². The van der Waals surface area contributed by atoms with Crippen LogP contribution in [0.4, 0.5) is 0 Å². The second-order valence-electron chi connectivity index (χ2n) is 5.10. The van der Waals surface area contributed by atoms with Crippen LogP contribution in [0.15, 0.2) is 23.6 Å². The first-order valence-corrected chi connectivity index (χ1v) is 7.87. The number of methoxy groups -OCH3 is 2. The van der Waals surface area contributed by atoms with Crippen LogP contribution in [-0.2, 0) is 6.54 Å². The Labute approximate surface area is 134 Å². The van der Waals surface area contributed by atoms with Crippen molar-refractivity contribution >= 4 is 17.2 Å². The van der Waals surface area contributed by atoms with Gasteiger partial charge in [-0.3, -0.25) is 4.79 Å². The van der Waals surface area contributed by atoms with Gasteiger partial charge in [0.1, 0.15) is 5.69 Å². The Morgan fingerprint density at radius 3 is 2.59 bits per heavy atom. The number of ether oxygens (including phenoxy) is 2. The highest BCUT2D eigenvalue weighted by Gasteiger charge is 2.12. The van der Waals surface area contributed by atoms with Gasteiger partial charge in [-0.25, -0.2) is 4.98 Å². The molecule has 0 aliphatic heterocycles. The summed E-state index contributed by atoms with van der Waals surface area (Å²) in [4.78, 5) is 16.5. The van der Waals surface area contributed by atoms with Crippen LogP contribution in [0.2, 0.25) is 0 Å². The van der Waals surface area contributed by atoms with Crippen molar-refractivity contribution in [1.29, 1.82) is 0 Å². The Kier molecular flexibility index (Phi) is 5.38. The first kappa shape index (κ1) is 16.3. The second kappa shape index (κ2) is 7.26. The van der Waals surface area contributed by atoms with E-state index in [4.69, 9.17) is 9.47 Å². The first-order chi connectivity index (χ1) is 10.5. The van der Waals surface area contributed by atoms with Crippen molar-refractivity contribution in [3.8, 4) is 11.5 Å². The van der Waals surface area contributed by atoms with Gasteiger partial charge in [-0.05, 0) is 17.7 Å². The lowest BCUT2D eigenvalue weighted by atomic mass is 10.2. The molecule has 0 saturated heterocycles. The quantitative estimate of drug-likeness (QED) is 0.888. The summed E-state index contributed by atoms with van der Waals surface area (Å²) in [6.45, 7) is 4.53. The van der Waals surface area contributed by atoms with Gasteiger partial charge >= 0.3 is 0 Å². The van der Waals surface area contributed by atoms with Crippen molar-refractivity contribution in [2.45, 2.75) is 26.3 Å². The molecule has 0 atom stereocenters. The molecular weight excluding hydrogens is 300 g/mol. The maximum atomic E-state index is 12.1. The molecule has 6 heteroatoms. The molecule has 1 aromatic heterocycles. The smallest absolute Gasteiger partial charge is 0.271 e. The van der Waals surface area contributed by atoms with Gasteiger partial charge in [-0.1, -0.05) is 19.9 Å². The van der Waals surface area contributed by atoms with Crippen LogP contribution in [0.5, 0.6) is 11.5 Å². The number of thiazole rings is 1. The molecule has 1 amide bonds. The minimum Gasteiger partial charge on any atom is -0.493 e. The van der Waals surface area contributed by atoms with Gasteiger partial charge in [-0.2, -0.15) is 0 Å². The summed E-state index contributed by atoms with van der Waals surface area (Å²) >= 11 is 1.51. The van der Waals surface area contributed by atoms with Crippen molar-refractivity contribution in [2.24, 2.45) is 0 Å². The zero-order valence-electron chi connectivity index (χ0n) is 13.2. The van der Waals surface area contributed by atoms with Crippen LogP contribution < -0.4 is 14.8 Å². The van der Waals surface area contributed by atoms with Crippen molar-refractivity contribution in [2.75, 3.05) is 14.2 Å². The molecule has 0 bridgehead atoms. The minimum absolute atomic E-state index is 0.169. The van der Waals surface area contributed by atoms with Gasteiger partial charge in [-0.15, -0.1) is 11.3 Å². The molecule has 0 aliphatic rings. The topological polar surface area (TPSA) is 60.5 Å². The Morgan fingerprint density at radius 1 is 1.27 bits per heavy atom. The molecule has 2 rings (SSSR count). The van der Waals surface area contributed by atoms with Gasteiger partial charge in [0.25, 0.3) is 5.91 Å². The lowest BCUT2D eigenvalue weighted by molar-refractivity contribution is 0.0946. The summed E-state index contributed by atoms with van der Waals surface area (Å²) in [7, 11) is 3.18. The van der Waals surface area contributed by atoms with Gasteiger partial charge in [0.2, 0.25) is 0 Å². The summed E-state index contributed by atoms with van der Waals surface area (Å²) < 4.78 is 10.4. The highest BCUT2D eigenvalue weighted by molar-refractivity contribution is 7.09. The number of hydrogen-bond donors (Lipinski definition) is 1. The maximum Gasteiger partial charge on any atom is 0.271 e. The first-order valence-electron chi connectivity index (χ1n) is 6.99. The van der Waals surface area contributed by atoms with Gasteiger partial charge in [0, 0.05) is 17.8 Å². The molecule has 0 unspecified atom stereocenters. The highest BCUT2D eigenvalue weighted by Crippen LogP contribution is 2.27. The summed E-state index contributed by atoms with van der Waals surface area (Å²) in [6, 6.07) is 5.56. The molecule has 118 valence electrons. The van der Waals surface area contributed by atoms with E-state index in [1.54, 1.807) is 19.6 Å². The van der Waals surface area contributed by atoms with E-state index in [0.29, 0.717) is 29.7 Å². The van der Waals surface area contributed by atoms with Crippen molar-refractivity contribution in [1.82, 2.24) is 10.3 Å². The van der Waals surface area contributed by atoms with Crippen LogP contribution >= 0.6 is 11.3 Å². The normalized spacial score (nSPS) is 10.6. The molecule has 1 N–H and O–H groups in total. The molecule has 22 heavy (non-hydrogen) atoms. The molecule has 0 spiro atoms. The standard InChI is InChI=1S/C16H20N2O3S/c1-10(2)16-18-12(9-22-16)15(19)17-8-11-5-6-13(20-3)14(7-11)21-4/h5-7,9-10H,8H2,1-4H3,(H,17,19). The molecule has 0 aliphatic carbocycles. The monoisotopic (exact) mass is 320 g/mol. The van der Waals surface area contributed by atoms with Gasteiger partial charge in [0.15, 0.2) is 11.5 Å². The zero-order chi connectivity index (χ0) is 16.1. The number of rotatable bonds is 6. The average Bonchev–Trinajstić information content (AvgIpc) is 3.02. The molecule has 1 aromatic carbocycles. The Morgan fingerprint density at radius 2 is 2.00 bits per heavy atom. The molecule has 1 heterocycles. The average molecular weight is 320 g/mol. The molecule has 0 radical (unpaired) electrons. The summed E-state index contributed by atoms with van der Waals surface area (Å²) in [5.41, 5.74) is 1.40. The lowest BCUT2D eigenvalue weighted by Crippen LogP contribution is -2.23. The van der Waals surface area contributed by atoms with E-state index in [-0.39, 0.29) is 5.91 Å². The number of nitrogens with zero attached hydrogens (tertiary/aromatic N) is 1. The van der Waals surface area contributed by atoms with Crippen LogP contribution in [0, 0.1) is 0 Å². The van der Waals surface area contributed by atoms with Crippen LogP contribution in [0.3, 0.4) is 0 Å². The fraction of sp³-hybridized carbons (Fsp3) is 0.375. The predicted molar refractivity (Wildman–Crippen MR) is 86.9 cm³/mol. The molecule has 2 aromatic rings. The third kappa shape index (κ3) is 3.76. The van der Waals surface area contributed by atoms with Gasteiger partial charge < -0.3 is 14.8 Å². The second-order valence-corrected chi connectivity index (χ2v) is 5.99. The largest absolute Gasteiger partial charge is 0.493 e. The molecule has 0 fully saturated rings. The number of aromatic nitrogens is 1. The van der Waals surface area contributed by atoms with E-state index in [9.17, 15) is 4.79 Å². The maximum absolute atomic E-state index is 12.1. The lowest BCUT2D eigenvalue weighted by Gasteiger charge is -2.10. The van der Waals surface area contributed by atoms with Crippen molar-refractivity contribution in [3.05, 3.63) is 39.8 Å². The third-order valence-electron chi connectivity index (χ3n) is 3.15. The number of carbonyl (C=O) groups excluding carboxylic acids is 1. The van der Waals surface area contributed by atoms with E-state index >= 15 is 0 Å². The van der Waals surface area contributed by atoms with E-state index in [1.165, 1.54) is 11.3 Å². The minimum atomic E-state index is -0.169. The van der Waals surface area contributed by atoms with Crippen LogP contribution in [-0.4, -0.2) is 25.1 Å². The number of carbonyl (C=O) groups is 1. The Bertz CT molecular complexity index is 653. The van der Waals surface area contributed by atoms with E-state index < -0.39 is 0 Å². The highest BCUT2D eigenvalue weighted by atomic mass is 32.1. The van der Waals surface area contributed by atoms with Crippen molar-refractivity contribution in [3.63, 3.8) is 0 Å². The van der Waals surface area contributed by atoms with E-state index in [2.05, 4.69) is 24.1 Å². The van der Waals surface area contributed by atoms with Crippen LogP contribution in [0.25, 0.3) is 0 Å². The van der Waals surface area contributed by atoms with E-state index in [0.717, 1.165) is 10.6 Å². The summed E-state index contributed by atoms with van der Waals surface area (Å²) in [6.07, 6.45) is 0.